The Kier molecular flexibility index (Phi) is 6.37. The molecule has 0 bridgehead atoms. The number of nitrogens with one attached hydrogen (secondary N) is 1. The second-order valence-electron chi connectivity index (χ2n) is 5.48. The Balaban J connectivity index is 2.17. The van der Waals surface area contributed by atoms with Crippen LogP contribution < -0.4 is 5.32 Å². The van der Waals surface area contributed by atoms with Gasteiger partial charge >= 0.3 is 0 Å². The third kappa shape index (κ3) is 4.42. The maximum atomic E-state index is 3.75. The molecular formula is C14H30N2. The highest BCUT2D eigenvalue weighted by molar-refractivity contribution is 4.81. The third-order valence-corrected chi connectivity index (χ3v) is 4.16. The van der Waals surface area contributed by atoms with Gasteiger partial charge in [-0.3, -0.25) is 0 Å². The molecule has 0 aromatic carbocycles. The van der Waals surface area contributed by atoms with Gasteiger partial charge in [0.15, 0.2) is 0 Å². The van der Waals surface area contributed by atoms with Crippen molar-refractivity contribution in [3.8, 4) is 0 Å². The normalized spacial score (nSPS) is 30.9. The van der Waals surface area contributed by atoms with E-state index in [1.54, 1.807) is 0 Å². The van der Waals surface area contributed by atoms with Crippen LogP contribution in [0, 0.1) is 11.8 Å². The molecule has 1 saturated carbocycles. The molecule has 1 fully saturated rings. The molecule has 0 heterocycles. The van der Waals surface area contributed by atoms with Gasteiger partial charge in [-0.2, -0.15) is 0 Å². The van der Waals surface area contributed by atoms with Crippen molar-refractivity contribution >= 4 is 0 Å². The molecule has 3 atom stereocenters. The fraction of sp³-hybridized carbons (Fsp3) is 1.00. The van der Waals surface area contributed by atoms with E-state index < -0.39 is 0 Å². The van der Waals surface area contributed by atoms with Crippen LogP contribution >= 0.6 is 0 Å². The predicted molar refractivity (Wildman–Crippen MR) is 71.8 cm³/mol. The first-order chi connectivity index (χ1) is 7.67. The van der Waals surface area contributed by atoms with E-state index in [9.17, 15) is 0 Å². The Morgan fingerprint density at radius 1 is 1.12 bits per heavy atom. The van der Waals surface area contributed by atoms with Crippen molar-refractivity contribution < 1.29 is 0 Å². The van der Waals surface area contributed by atoms with E-state index in [0.717, 1.165) is 24.4 Å². The molecule has 1 aliphatic carbocycles. The minimum absolute atomic E-state index is 0.770. The van der Waals surface area contributed by atoms with Crippen LogP contribution in [-0.4, -0.2) is 37.1 Å². The summed E-state index contributed by atoms with van der Waals surface area (Å²) in [5, 5.41) is 3.75. The molecule has 0 aromatic heterocycles. The number of rotatable bonds is 6. The van der Waals surface area contributed by atoms with Crippen LogP contribution in [0.1, 0.15) is 47.0 Å². The van der Waals surface area contributed by atoms with Gasteiger partial charge < -0.3 is 10.2 Å². The molecule has 0 aliphatic heterocycles. The summed E-state index contributed by atoms with van der Waals surface area (Å²) in [6.45, 7) is 14.0. The minimum atomic E-state index is 0.770. The van der Waals surface area contributed by atoms with Crippen LogP contribution in [0.4, 0.5) is 0 Å². The second-order valence-corrected chi connectivity index (χ2v) is 5.48. The SMILES string of the molecule is CCN(CC)CCNC1CCC(C)CC1C. The topological polar surface area (TPSA) is 15.3 Å². The van der Waals surface area contributed by atoms with Crippen molar-refractivity contribution in [3.63, 3.8) is 0 Å². The summed E-state index contributed by atoms with van der Waals surface area (Å²) in [5.74, 6) is 1.80. The Morgan fingerprint density at radius 3 is 2.38 bits per heavy atom. The Bertz CT molecular complexity index is 178. The van der Waals surface area contributed by atoms with Gasteiger partial charge in [-0.15, -0.1) is 0 Å². The number of likely N-dealkylation sites (N-methyl/N-ethyl adjacent to an activating group) is 1. The molecule has 16 heavy (non-hydrogen) atoms. The van der Waals surface area contributed by atoms with E-state index in [1.807, 2.05) is 0 Å². The summed E-state index contributed by atoms with van der Waals surface area (Å²) in [6.07, 6.45) is 4.19. The monoisotopic (exact) mass is 226 g/mol. The molecule has 0 saturated heterocycles. The lowest BCUT2D eigenvalue weighted by Crippen LogP contribution is -2.42. The first-order valence-corrected chi connectivity index (χ1v) is 7.13. The summed E-state index contributed by atoms with van der Waals surface area (Å²) in [5.41, 5.74) is 0. The van der Waals surface area contributed by atoms with E-state index >= 15 is 0 Å². The molecule has 1 N–H and O–H groups in total. The zero-order valence-electron chi connectivity index (χ0n) is 11.6. The van der Waals surface area contributed by atoms with E-state index in [1.165, 1.54) is 38.9 Å². The van der Waals surface area contributed by atoms with Crippen molar-refractivity contribution in [2.24, 2.45) is 11.8 Å². The van der Waals surface area contributed by atoms with Gasteiger partial charge in [0.05, 0.1) is 0 Å². The van der Waals surface area contributed by atoms with E-state index in [2.05, 4.69) is 37.9 Å². The van der Waals surface area contributed by atoms with Crippen molar-refractivity contribution in [1.82, 2.24) is 10.2 Å². The van der Waals surface area contributed by atoms with Gasteiger partial charge in [0.1, 0.15) is 0 Å². The molecule has 3 unspecified atom stereocenters. The van der Waals surface area contributed by atoms with E-state index in [0.29, 0.717) is 0 Å². The van der Waals surface area contributed by atoms with Crippen molar-refractivity contribution in [2.45, 2.75) is 53.0 Å². The summed E-state index contributed by atoms with van der Waals surface area (Å²) >= 11 is 0. The lowest BCUT2D eigenvalue weighted by Gasteiger charge is -2.33. The molecule has 2 nitrogen and oxygen atoms in total. The maximum Gasteiger partial charge on any atom is 0.0107 e. The highest BCUT2D eigenvalue weighted by Gasteiger charge is 2.24. The van der Waals surface area contributed by atoms with Gasteiger partial charge in [0.2, 0.25) is 0 Å². The molecule has 2 heteroatoms. The van der Waals surface area contributed by atoms with E-state index in [-0.39, 0.29) is 0 Å². The first-order valence-electron chi connectivity index (χ1n) is 7.13. The maximum absolute atomic E-state index is 3.75. The second kappa shape index (κ2) is 7.29. The van der Waals surface area contributed by atoms with Crippen LogP contribution in [0.3, 0.4) is 0 Å². The fourth-order valence-electron chi connectivity index (χ4n) is 2.92. The summed E-state index contributed by atoms with van der Waals surface area (Å²) < 4.78 is 0. The van der Waals surface area contributed by atoms with Crippen LogP contribution in [0.5, 0.6) is 0 Å². The lowest BCUT2D eigenvalue weighted by atomic mass is 9.80. The van der Waals surface area contributed by atoms with Gasteiger partial charge in [-0.1, -0.05) is 27.7 Å². The highest BCUT2D eigenvalue weighted by atomic mass is 15.1. The Hall–Kier alpha value is -0.0800. The van der Waals surface area contributed by atoms with Crippen molar-refractivity contribution in [3.05, 3.63) is 0 Å². The van der Waals surface area contributed by atoms with Crippen LogP contribution in [-0.2, 0) is 0 Å². The number of hydrogen-bond donors (Lipinski definition) is 1. The summed E-state index contributed by atoms with van der Waals surface area (Å²) in [7, 11) is 0. The first kappa shape index (κ1) is 14.0. The fourth-order valence-corrected chi connectivity index (χ4v) is 2.92. The third-order valence-electron chi connectivity index (χ3n) is 4.16. The van der Waals surface area contributed by atoms with Crippen LogP contribution in [0.15, 0.2) is 0 Å². The molecule has 0 aromatic rings. The smallest absolute Gasteiger partial charge is 0.0107 e. The Morgan fingerprint density at radius 2 is 1.81 bits per heavy atom. The minimum Gasteiger partial charge on any atom is -0.312 e. The van der Waals surface area contributed by atoms with Gasteiger partial charge in [-0.25, -0.2) is 0 Å². The molecule has 1 rings (SSSR count). The van der Waals surface area contributed by atoms with Gasteiger partial charge in [-0.05, 0) is 44.2 Å². The lowest BCUT2D eigenvalue weighted by molar-refractivity contribution is 0.217. The van der Waals surface area contributed by atoms with Crippen molar-refractivity contribution in [1.29, 1.82) is 0 Å². The molecular weight excluding hydrogens is 196 g/mol. The number of hydrogen-bond acceptors (Lipinski definition) is 2. The van der Waals surface area contributed by atoms with Gasteiger partial charge in [0.25, 0.3) is 0 Å². The van der Waals surface area contributed by atoms with E-state index in [4.69, 9.17) is 0 Å². The quantitative estimate of drug-likeness (QED) is 0.749. The summed E-state index contributed by atoms with van der Waals surface area (Å²) in [6, 6.07) is 0.770. The summed E-state index contributed by atoms with van der Waals surface area (Å²) in [4.78, 5) is 2.49. The molecule has 0 spiro atoms. The molecule has 1 aliphatic rings. The molecule has 0 radical (unpaired) electrons. The largest absolute Gasteiger partial charge is 0.312 e. The zero-order chi connectivity index (χ0) is 12.0. The predicted octanol–water partition coefficient (Wildman–Crippen LogP) is 2.74. The Labute approximate surface area is 102 Å². The average Bonchev–Trinajstić information content (AvgIpc) is 2.27. The number of nitrogens with zero attached hydrogens (tertiary/aromatic N) is 1. The highest BCUT2D eigenvalue weighted by Crippen LogP contribution is 2.28. The molecule has 0 amide bonds. The average molecular weight is 226 g/mol. The van der Waals surface area contributed by atoms with Gasteiger partial charge in [0, 0.05) is 19.1 Å². The standard InChI is InChI=1S/C14H30N2/c1-5-16(6-2)10-9-15-14-8-7-12(3)11-13(14)4/h12-15H,5-11H2,1-4H3. The van der Waals surface area contributed by atoms with Crippen LogP contribution in [0.2, 0.25) is 0 Å². The zero-order valence-corrected chi connectivity index (χ0v) is 11.6. The molecule has 96 valence electrons. The van der Waals surface area contributed by atoms with Crippen molar-refractivity contribution in [2.75, 3.05) is 26.2 Å². The van der Waals surface area contributed by atoms with Crippen LogP contribution in [0.25, 0.3) is 0 Å².